The van der Waals surface area contributed by atoms with E-state index >= 15 is 0 Å². The average Bonchev–Trinajstić information content (AvgIpc) is 2.88. The lowest BCUT2D eigenvalue weighted by Crippen LogP contribution is -2.15. The van der Waals surface area contributed by atoms with Gasteiger partial charge in [-0.25, -0.2) is 9.37 Å². The maximum absolute atomic E-state index is 13.2. The number of hydrogen-bond acceptors (Lipinski definition) is 4. The molecule has 0 bridgehead atoms. The summed E-state index contributed by atoms with van der Waals surface area (Å²) in [6, 6.07) is 5.00. The first-order valence-corrected chi connectivity index (χ1v) is 7.04. The minimum Gasteiger partial charge on any atom is -0.466 e. The first kappa shape index (κ1) is 17.1. The molecule has 0 amide bonds. The fourth-order valence-corrected chi connectivity index (χ4v) is 1.99. The van der Waals surface area contributed by atoms with Crippen LogP contribution in [-0.4, -0.2) is 24.2 Å². The first-order valence-electron chi connectivity index (χ1n) is 7.04. The van der Waals surface area contributed by atoms with Crippen LogP contribution in [0.25, 0.3) is 11.5 Å². The maximum atomic E-state index is 13.2. The molecule has 0 fully saturated rings. The molecule has 124 valence electrons. The third kappa shape index (κ3) is 3.91. The van der Waals surface area contributed by atoms with Gasteiger partial charge in [-0.1, -0.05) is 12.1 Å². The van der Waals surface area contributed by atoms with Crippen LogP contribution in [0, 0.1) is 6.92 Å². The zero-order chi connectivity index (χ0) is 17.0. The van der Waals surface area contributed by atoms with Crippen LogP contribution in [0.5, 0.6) is 0 Å². The molecule has 0 saturated carbocycles. The van der Waals surface area contributed by atoms with Crippen molar-refractivity contribution < 1.29 is 27.1 Å². The Morgan fingerprint density at radius 2 is 1.96 bits per heavy atom. The largest absolute Gasteiger partial charge is 0.466 e. The number of rotatable bonds is 6. The van der Waals surface area contributed by atoms with Gasteiger partial charge in [0.15, 0.2) is 6.67 Å². The molecule has 23 heavy (non-hydrogen) atoms. The summed E-state index contributed by atoms with van der Waals surface area (Å²) >= 11 is 0. The summed E-state index contributed by atoms with van der Waals surface area (Å²) in [5.41, 5.74) is 0.562. The van der Waals surface area contributed by atoms with Crippen molar-refractivity contribution in [2.45, 2.75) is 26.2 Å². The van der Waals surface area contributed by atoms with Crippen molar-refractivity contribution in [3.05, 3.63) is 41.3 Å². The van der Waals surface area contributed by atoms with Crippen LogP contribution >= 0.6 is 0 Å². The second kappa shape index (κ2) is 6.85. The SMILES string of the molecule is CCOC(=O)Cc1oc(-c2ccc(C(F)(F)CF)cc2)nc1C. The Morgan fingerprint density at radius 1 is 1.30 bits per heavy atom. The number of benzene rings is 1. The minimum absolute atomic E-state index is 0.0509. The molecule has 2 rings (SSSR count). The van der Waals surface area contributed by atoms with E-state index < -0.39 is 24.1 Å². The number of esters is 1. The molecule has 1 heterocycles. The molecular weight excluding hydrogens is 311 g/mol. The number of oxazole rings is 1. The van der Waals surface area contributed by atoms with Crippen LogP contribution in [0.1, 0.15) is 23.9 Å². The summed E-state index contributed by atoms with van der Waals surface area (Å²) in [5.74, 6) is -3.38. The third-order valence-corrected chi connectivity index (χ3v) is 3.22. The molecule has 1 aromatic carbocycles. The lowest BCUT2D eigenvalue weighted by atomic mass is 10.1. The van der Waals surface area contributed by atoms with E-state index in [0.29, 0.717) is 17.0 Å². The van der Waals surface area contributed by atoms with Gasteiger partial charge in [-0.3, -0.25) is 4.79 Å². The lowest BCUT2D eigenvalue weighted by molar-refractivity contribution is -0.142. The van der Waals surface area contributed by atoms with Crippen molar-refractivity contribution in [1.82, 2.24) is 4.98 Å². The summed E-state index contributed by atoms with van der Waals surface area (Å²) in [6.45, 7) is 1.88. The van der Waals surface area contributed by atoms with Gasteiger partial charge in [0.1, 0.15) is 12.2 Å². The van der Waals surface area contributed by atoms with Crippen LogP contribution < -0.4 is 0 Å². The summed E-state index contributed by atoms with van der Waals surface area (Å²) in [7, 11) is 0. The number of nitrogens with zero attached hydrogens (tertiary/aromatic N) is 1. The van der Waals surface area contributed by atoms with Crippen LogP contribution in [0.2, 0.25) is 0 Å². The molecule has 0 aliphatic carbocycles. The average molecular weight is 327 g/mol. The van der Waals surface area contributed by atoms with E-state index in [1.807, 2.05) is 0 Å². The normalized spacial score (nSPS) is 11.5. The van der Waals surface area contributed by atoms with E-state index in [9.17, 15) is 18.0 Å². The summed E-state index contributed by atoms with van der Waals surface area (Å²) in [4.78, 5) is 15.6. The van der Waals surface area contributed by atoms with Crippen LogP contribution in [0.3, 0.4) is 0 Å². The fraction of sp³-hybridized carbons (Fsp3) is 0.375. The predicted octanol–water partition coefficient (Wildman–Crippen LogP) is 3.82. The number of aromatic nitrogens is 1. The van der Waals surface area contributed by atoms with E-state index in [1.165, 1.54) is 12.1 Å². The van der Waals surface area contributed by atoms with E-state index in [-0.39, 0.29) is 18.9 Å². The molecular formula is C16H16F3NO3. The Labute approximate surface area is 131 Å². The van der Waals surface area contributed by atoms with Gasteiger partial charge in [0.2, 0.25) is 5.89 Å². The number of alkyl halides is 3. The highest BCUT2D eigenvalue weighted by Gasteiger charge is 2.31. The van der Waals surface area contributed by atoms with E-state index in [1.54, 1.807) is 13.8 Å². The highest BCUT2D eigenvalue weighted by molar-refractivity contribution is 5.72. The molecule has 1 aromatic heterocycles. The molecule has 0 unspecified atom stereocenters. The Bertz CT molecular complexity index is 680. The van der Waals surface area contributed by atoms with Gasteiger partial charge in [0.25, 0.3) is 0 Å². The minimum atomic E-state index is -3.51. The number of ether oxygens (including phenoxy) is 1. The zero-order valence-electron chi connectivity index (χ0n) is 12.7. The molecule has 0 aliphatic heterocycles. The molecule has 0 aliphatic rings. The van der Waals surface area contributed by atoms with Crippen LogP contribution in [0.4, 0.5) is 13.2 Å². The fourth-order valence-electron chi connectivity index (χ4n) is 1.99. The van der Waals surface area contributed by atoms with Gasteiger partial charge in [0, 0.05) is 11.1 Å². The molecule has 7 heteroatoms. The number of halogens is 3. The lowest BCUT2D eigenvalue weighted by Gasteiger charge is -2.12. The van der Waals surface area contributed by atoms with Gasteiger partial charge in [-0.05, 0) is 26.0 Å². The molecule has 0 radical (unpaired) electrons. The molecule has 0 N–H and O–H groups in total. The Hall–Kier alpha value is -2.31. The van der Waals surface area contributed by atoms with Crippen molar-refractivity contribution in [2.24, 2.45) is 0 Å². The number of aryl methyl sites for hydroxylation is 1. The van der Waals surface area contributed by atoms with Crippen molar-refractivity contribution in [2.75, 3.05) is 13.3 Å². The van der Waals surface area contributed by atoms with Crippen molar-refractivity contribution in [1.29, 1.82) is 0 Å². The summed E-state index contributed by atoms with van der Waals surface area (Å²) in [5, 5.41) is 0. The highest BCUT2D eigenvalue weighted by atomic mass is 19.3. The van der Waals surface area contributed by atoms with Crippen LogP contribution in [0.15, 0.2) is 28.7 Å². The smallest absolute Gasteiger partial charge is 0.313 e. The quantitative estimate of drug-likeness (QED) is 0.757. The zero-order valence-corrected chi connectivity index (χ0v) is 12.7. The number of carbonyl (C=O) groups excluding carboxylic acids is 1. The van der Waals surface area contributed by atoms with Gasteiger partial charge < -0.3 is 9.15 Å². The topological polar surface area (TPSA) is 52.3 Å². The molecule has 0 atom stereocenters. The van der Waals surface area contributed by atoms with Gasteiger partial charge in [0.05, 0.1) is 12.3 Å². The molecule has 4 nitrogen and oxygen atoms in total. The summed E-state index contributed by atoms with van der Waals surface area (Å²) in [6.07, 6.45) is -0.0509. The van der Waals surface area contributed by atoms with E-state index in [4.69, 9.17) is 9.15 Å². The number of carbonyl (C=O) groups is 1. The second-order valence-corrected chi connectivity index (χ2v) is 4.92. The van der Waals surface area contributed by atoms with Crippen molar-refractivity contribution >= 4 is 5.97 Å². The Kier molecular flexibility index (Phi) is 5.08. The molecule has 0 saturated heterocycles. The molecule has 0 spiro atoms. The van der Waals surface area contributed by atoms with Crippen LogP contribution in [-0.2, 0) is 21.9 Å². The van der Waals surface area contributed by atoms with E-state index in [0.717, 1.165) is 12.1 Å². The van der Waals surface area contributed by atoms with E-state index in [2.05, 4.69) is 4.98 Å². The predicted molar refractivity (Wildman–Crippen MR) is 76.9 cm³/mol. The monoisotopic (exact) mass is 327 g/mol. The van der Waals surface area contributed by atoms with Gasteiger partial charge in [-0.2, -0.15) is 8.78 Å². The standard InChI is InChI=1S/C16H16F3NO3/c1-3-22-14(21)8-13-10(2)20-15(23-13)11-4-6-12(7-5-11)16(18,19)9-17/h4-7H,3,8-9H2,1-2H3. The van der Waals surface area contributed by atoms with Crippen molar-refractivity contribution in [3.63, 3.8) is 0 Å². The second-order valence-electron chi connectivity index (χ2n) is 4.92. The first-order chi connectivity index (χ1) is 10.9. The highest BCUT2D eigenvalue weighted by Crippen LogP contribution is 2.30. The third-order valence-electron chi connectivity index (χ3n) is 3.22. The Balaban J connectivity index is 2.21. The number of hydrogen-bond donors (Lipinski definition) is 0. The maximum Gasteiger partial charge on any atom is 0.313 e. The summed E-state index contributed by atoms with van der Waals surface area (Å²) < 4.78 is 49.1. The van der Waals surface area contributed by atoms with Gasteiger partial charge in [-0.15, -0.1) is 0 Å². The van der Waals surface area contributed by atoms with Crippen molar-refractivity contribution in [3.8, 4) is 11.5 Å². The van der Waals surface area contributed by atoms with Gasteiger partial charge >= 0.3 is 11.9 Å². The molecule has 2 aromatic rings. The Morgan fingerprint density at radius 3 is 2.52 bits per heavy atom.